The Morgan fingerprint density at radius 1 is 1.00 bits per heavy atom. The molecule has 1 aliphatic heterocycles. The van der Waals surface area contributed by atoms with Crippen LogP contribution in [0.1, 0.15) is 70.6 Å². The van der Waals surface area contributed by atoms with Crippen LogP contribution in [0.15, 0.2) is 0 Å². The zero-order valence-electron chi connectivity index (χ0n) is 13.0. The second kappa shape index (κ2) is 6.37. The number of carbonyl (C=O) groups is 2. The molecule has 1 N–H and O–H groups in total. The number of carbonyl (C=O) groups excluding carboxylic acids is 2. The zero-order chi connectivity index (χ0) is 14.7. The van der Waals surface area contributed by atoms with Crippen LogP contribution in [0.5, 0.6) is 0 Å². The molecule has 0 aromatic heterocycles. The average Bonchev–Trinajstić information content (AvgIpc) is 2.51. The number of nitrogens with one attached hydrogen (secondary N) is 1. The fraction of sp³-hybridized carbons (Fsp3) is 0.882. The monoisotopic (exact) mass is 292 g/mol. The van der Waals surface area contributed by atoms with Crippen molar-refractivity contribution in [3.8, 4) is 0 Å². The van der Waals surface area contributed by atoms with Gasteiger partial charge in [-0.05, 0) is 25.2 Å². The minimum absolute atomic E-state index is 0.0418. The van der Waals surface area contributed by atoms with E-state index in [0.29, 0.717) is 0 Å². The number of hydrogen-bond donors (Lipinski definition) is 1. The summed E-state index contributed by atoms with van der Waals surface area (Å²) in [6.45, 7) is 1.05. The SMILES string of the molecule is O=C1CN(CCC2CCCCC2)C(=O)C2(CCCCC2)N1. The van der Waals surface area contributed by atoms with Crippen LogP contribution in [0, 0.1) is 5.92 Å². The summed E-state index contributed by atoms with van der Waals surface area (Å²) in [5.74, 6) is 0.997. The summed E-state index contributed by atoms with van der Waals surface area (Å²) in [5, 5.41) is 3.02. The van der Waals surface area contributed by atoms with Gasteiger partial charge in [0, 0.05) is 6.54 Å². The Balaban J connectivity index is 1.61. The van der Waals surface area contributed by atoms with E-state index >= 15 is 0 Å². The third kappa shape index (κ3) is 3.24. The van der Waals surface area contributed by atoms with E-state index in [0.717, 1.165) is 44.6 Å². The minimum atomic E-state index is -0.555. The molecular weight excluding hydrogens is 264 g/mol. The molecule has 0 bridgehead atoms. The lowest BCUT2D eigenvalue weighted by Crippen LogP contribution is -2.67. The molecule has 3 fully saturated rings. The van der Waals surface area contributed by atoms with E-state index in [4.69, 9.17) is 0 Å². The Bertz CT molecular complexity index is 396. The lowest BCUT2D eigenvalue weighted by atomic mass is 9.79. The minimum Gasteiger partial charge on any atom is -0.340 e. The van der Waals surface area contributed by atoms with Gasteiger partial charge < -0.3 is 10.2 Å². The first-order valence-corrected chi connectivity index (χ1v) is 8.80. The molecule has 4 nitrogen and oxygen atoms in total. The molecule has 0 aromatic rings. The Morgan fingerprint density at radius 3 is 2.38 bits per heavy atom. The second-order valence-corrected chi connectivity index (χ2v) is 7.21. The van der Waals surface area contributed by atoms with Gasteiger partial charge in [-0.2, -0.15) is 0 Å². The molecule has 1 saturated heterocycles. The van der Waals surface area contributed by atoms with Gasteiger partial charge in [0.2, 0.25) is 11.8 Å². The zero-order valence-corrected chi connectivity index (χ0v) is 13.0. The van der Waals surface area contributed by atoms with E-state index in [9.17, 15) is 9.59 Å². The van der Waals surface area contributed by atoms with E-state index in [2.05, 4.69) is 5.32 Å². The van der Waals surface area contributed by atoms with Crippen LogP contribution in [0.3, 0.4) is 0 Å². The van der Waals surface area contributed by atoms with Gasteiger partial charge in [-0.15, -0.1) is 0 Å². The normalized spacial score (nSPS) is 27.0. The van der Waals surface area contributed by atoms with Crippen LogP contribution in [0.25, 0.3) is 0 Å². The fourth-order valence-corrected chi connectivity index (χ4v) is 4.40. The third-order valence-corrected chi connectivity index (χ3v) is 5.65. The van der Waals surface area contributed by atoms with Crippen molar-refractivity contribution >= 4 is 11.8 Å². The number of rotatable bonds is 3. The summed E-state index contributed by atoms with van der Waals surface area (Å²) in [6.07, 6.45) is 12.7. The first-order valence-electron chi connectivity index (χ1n) is 8.80. The highest BCUT2D eigenvalue weighted by molar-refractivity contribution is 5.98. The van der Waals surface area contributed by atoms with Gasteiger partial charge in [-0.3, -0.25) is 9.59 Å². The quantitative estimate of drug-likeness (QED) is 0.869. The predicted octanol–water partition coefficient (Wildman–Crippen LogP) is 2.62. The van der Waals surface area contributed by atoms with Crippen LogP contribution in [0.4, 0.5) is 0 Å². The van der Waals surface area contributed by atoms with Gasteiger partial charge in [-0.25, -0.2) is 0 Å². The maximum absolute atomic E-state index is 12.8. The third-order valence-electron chi connectivity index (χ3n) is 5.65. The standard InChI is InChI=1S/C17H28N2O2/c20-15-13-19(12-9-14-7-3-1-4-8-14)16(21)17(18-15)10-5-2-6-11-17/h14H,1-13H2,(H,18,20). The van der Waals surface area contributed by atoms with Crippen molar-refractivity contribution in [1.82, 2.24) is 10.2 Å². The van der Waals surface area contributed by atoms with Gasteiger partial charge in [0.1, 0.15) is 5.54 Å². The number of hydrogen-bond acceptors (Lipinski definition) is 2. The molecule has 118 valence electrons. The lowest BCUT2D eigenvalue weighted by molar-refractivity contribution is -0.151. The lowest BCUT2D eigenvalue weighted by Gasteiger charge is -2.44. The Kier molecular flexibility index (Phi) is 4.51. The largest absolute Gasteiger partial charge is 0.340 e. The van der Waals surface area contributed by atoms with E-state index in [1.54, 1.807) is 0 Å². The van der Waals surface area contributed by atoms with Crippen molar-refractivity contribution in [1.29, 1.82) is 0 Å². The van der Waals surface area contributed by atoms with Crippen molar-refractivity contribution in [2.24, 2.45) is 5.92 Å². The van der Waals surface area contributed by atoms with Gasteiger partial charge in [0.25, 0.3) is 0 Å². The highest BCUT2D eigenvalue weighted by atomic mass is 16.2. The first kappa shape index (κ1) is 14.9. The highest BCUT2D eigenvalue weighted by Gasteiger charge is 2.46. The molecule has 2 aliphatic carbocycles. The van der Waals surface area contributed by atoms with Crippen molar-refractivity contribution in [2.75, 3.05) is 13.1 Å². The van der Waals surface area contributed by atoms with E-state index in [1.165, 1.54) is 38.5 Å². The second-order valence-electron chi connectivity index (χ2n) is 7.21. The van der Waals surface area contributed by atoms with Crippen LogP contribution in [0.2, 0.25) is 0 Å². The Hall–Kier alpha value is -1.06. The Morgan fingerprint density at radius 2 is 1.67 bits per heavy atom. The fourth-order valence-electron chi connectivity index (χ4n) is 4.40. The maximum atomic E-state index is 12.8. The topological polar surface area (TPSA) is 49.4 Å². The molecule has 3 aliphatic rings. The van der Waals surface area contributed by atoms with Crippen molar-refractivity contribution in [3.05, 3.63) is 0 Å². The summed E-state index contributed by atoms with van der Waals surface area (Å²) >= 11 is 0. The molecule has 1 heterocycles. The molecule has 21 heavy (non-hydrogen) atoms. The van der Waals surface area contributed by atoms with Crippen LogP contribution >= 0.6 is 0 Å². The van der Waals surface area contributed by atoms with Gasteiger partial charge in [0.05, 0.1) is 6.54 Å². The smallest absolute Gasteiger partial charge is 0.248 e. The van der Waals surface area contributed by atoms with Crippen LogP contribution in [-0.2, 0) is 9.59 Å². The highest BCUT2D eigenvalue weighted by Crippen LogP contribution is 2.33. The summed E-state index contributed by atoms with van der Waals surface area (Å²) in [4.78, 5) is 26.7. The molecule has 2 saturated carbocycles. The number of nitrogens with zero attached hydrogens (tertiary/aromatic N) is 1. The molecule has 0 radical (unpaired) electrons. The summed E-state index contributed by atoms with van der Waals surface area (Å²) < 4.78 is 0. The summed E-state index contributed by atoms with van der Waals surface area (Å²) in [7, 11) is 0. The van der Waals surface area contributed by atoms with E-state index < -0.39 is 5.54 Å². The Labute approximate surface area is 127 Å². The molecule has 2 amide bonds. The molecule has 0 aromatic carbocycles. The van der Waals surface area contributed by atoms with Crippen LogP contribution < -0.4 is 5.32 Å². The van der Waals surface area contributed by atoms with E-state index in [1.807, 2.05) is 4.90 Å². The van der Waals surface area contributed by atoms with E-state index in [-0.39, 0.29) is 18.4 Å². The predicted molar refractivity (Wildman–Crippen MR) is 81.7 cm³/mol. The molecular formula is C17H28N2O2. The molecule has 1 spiro atoms. The van der Waals surface area contributed by atoms with Gasteiger partial charge >= 0.3 is 0 Å². The molecule has 0 atom stereocenters. The summed E-state index contributed by atoms with van der Waals surface area (Å²) in [5.41, 5.74) is -0.555. The van der Waals surface area contributed by atoms with Crippen LogP contribution in [-0.4, -0.2) is 35.3 Å². The number of piperazine rings is 1. The van der Waals surface area contributed by atoms with Crippen molar-refractivity contribution in [2.45, 2.75) is 76.2 Å². The molecule has 3 rings (SSSR count). The molecule has 0 unspecified atom stereocenters. The maximum Gasteiger partial charge on any atom is 0.248 e. The van der Waals surface area contributed by atoms with Crippen molar-refractivity contribution in [3.63, 3.8) is 0 Å². The first-order chi connectivity index (χ1) is 10.2. The van der Waals surface area contributed by atoms with Crippen molar-refractivity contribution < 1.29 is 9.59 Å². The number of amides is 2. The average molecular weight is 292 g/mol. The summed E-state index contributed by atoms with van der Waals surface area (Å²) in [6, 6.07) is 0. The van der Waals surface area contributed by atoms with Gasteiger partial charge in [0.15, 0.2) is 0 Å². The molecule has 4 heteroatoms. The van der Waals surface area contributed by atoms with Gasteiger partial charge in [-0.1, -0.05) is 51.4 Å².